The Morgan fingerprint density at radius 3 is 2.76 bits per heavy atom. The molecule has 0 unspecified atom stereocenters. The summed E-state index contributed by atoms with van der Waals surface area (Å²) in [5, 5.41) is 4.04. The minimum Gasteiger partial charge on any atom is -0.379 e. The van der Waals surface area contributed by atoms with Crippen molar-refractivity contribution in [1.82, 2.24) is 15.0 Å². The van der Waals surface area contributed by atoms with E-state index in [1.807, 2.05) is 0 Å². The molecule has 1 atom stereocenters. The minimum absolute atomic E-state index is 0.0815. The molecule has 0 amide bonds. The van der Waals surface area contributed by atoms with Crippen molar-refractivity contribution in [2.75, 3.05) is 19.8 Å². The van der Waals surface area contributed by atoms with E-state index in [9.17, 15) is 0 Å². The van der Waals surface area contributed by atoms with Crippen molar-refractivity contribution in [3.05, 3.63) is 11.7 Å². The predicted molar refractivity (Wildman–Crippen MR) is 63.7 cm³/mol. The van der Waals surface area contributed by atoms with Crippen LogP contribution in [0.4, 0.5) is 0 Å². The van der Waals surface area contributed by atoms with Gasteiger partial charge < -0.3 is 9.26 Å². The molecule has 0 saturated carbocycles. The molecule has 1 aromatic heterocycles. The van der Waals surface area contributed by atoms with Gasteiger partial charge in [-0.3, -0.25) is 4.90 Å². The smallest absolute Gasteiger partial charge is 0.232 e. The summed E-state index contributed by atoms with van der Waals surface area (Å²) in [4.78, 5) is 6.77. The van der Waals surface area contributed by atoms with E-state index < -0.39 is 0 Å². The molecule has 1 aromatic rings. The largest absolute Gasteiger partial charge is 0.379 e. The average Bonchev–Trinajstić information content (AvgIpc) is 2.69. The van der Waals surface area contributed by atoms with Crippen molar-refractivity contribution in [2.24, 2.45) is 0 Å². The Morgan fingerprint density at radius 2 is 2.18 bits per heavy atom. The highest BCUT2D eigenvalue weighted by atomic mass is 16.5. The third-order valence-electron chi connectivity index (χ3n) is 2.96. The molecule has 96 valence electrons. The predicted octanol–water partition coefficient (Wildman–Crippen LogP) is 1.59. The zero-order valence-corrected chi connectivity index (χ0v) is 11.1. The Balaban J connectivity index is 2.01. The number of ether oxygens (including phenoxy) is 1. The zero-order chi connectivity index (χ0) is 12.5. The van der Waals surface area contributed by atoms with Gasteiger partial charge in [-0.15, -0.1) is 0 Å². The van der Waals surface area contributed by atoms with Crippen LogP contribution in [-0.4, -0.2) is 40.8 Å². The fraction of sp³-hybridized carbons (Fsp3) is 0.833. The van der Waals surface area contributed by atoms with E-state index >= 15 is 0 Å². The van der Waals surface area contributed by atoms with Crippen LogP contribution >= 0.6 is 0 Å². The molecule has 1 aliphatic heterocycles. The van der Waals surface area contributed by atoms with E-state index in [1.165, 1.54) is 0 Å². The molecule has 2 rings (SSSR count). The van der Waals surface area contributed by atoms with E-state index in [0.29, 0.717) is 11.9 Å². The fourth-order valence-electron chi connectivity index (χ4n) is 1.80. The maximum Gasteiger partial charge on any atom is 0.232 e. The monoisotopic (exact) mass is 239 g/mol. The molecular formula is C12H21N3O2. The highest BCUT2D eigenvalue weighted by Gasteiger charge is 2.24. The highest BCUT2D eigenvalue weighted by Crippen LogP contribution is 2.20. The lowest BCUT2D eigenvalue weighted by atomic mass is 9.97. The lowest BCUT2D eigenvalue weighted by Gasteiger charge is -2.31. The van der Waals surface area contributed by atoms with Gasteiger partial charge in [-0.25, -0.2) is 0 Å². The lowest BCUT2D eigenvalue weighted by molar-refractivity contribution is -0.00575. The van der Waals surface area contributed by atoms with Crippen molar-refractivity contribution in [2.45, 2.75) is 45.7 Å². The number of hydrogen-bond donors (Lipinski definition) is 0. The van der Waals surface area contributed by atoms with Crippen LogP contribution in [0.3, 0.4) is 0 Å². The van der Waals surface area contributed by atoms with Gasteiger partial charge in [0, 0.05) is 18.0 Å². The van der Waals surface area contributed by atoms with Crippen LogP contribution in [0.15, 0.2) is 4.52 Å². The molecule has 0 radical (unpaired) electrons. The van der Waals surface area contributed by atoms with Crippen LogP contribution in [0.2, 0.25) is 0 Å². The van der Waals surface area contributed by atoms with E-state index in [2.05, 4.69) is 42.7 Å². The van der Waals surface area contributed by atoms with Crippen LogP contribution in [0.25, 0.3) is 0 Å². The molecule has 0 N–H and O–H groups in total. The molecule has 0 bridgehead atoms. The first-order valence-electron chi connectivity index (χ1n) is 6.11. The van der Waals surface area contributed by atoms with Gasteiger partial charge in [-0.1, -0.05) is 25.9 Å². The molecule has 1 fully saturated rings. The van der Waals surface area contributed by atoms with Crippen molar-refractivity contribution in [3.8, 4) is 0 Å². The highest BCUT2D eigenvalue weighted by molar-refractivity contribution is 4.98. The Kier molecular flexibility index (Phi) is 3.49. The molecule has 2 heterocycles. The molecule has 1 aliphatic rings. The number of nitrogens with zero attached hydrogens (tertiary/aromatic N) is 3. The number of rotatable bonds is 2. The summed E-state index contributed by atoms with van der Waals surface area (Å²) in [5.74, 6) is 1.47. The second-order valence-corrected chi connectivity index (χ2v) is 5.66. The maximum atomic E-state index is 5.40. The Morgan fingerprint density at radius 1 is 1.41 bits per heavy atom. The Bertz CT molecular complexity index is 370. The zero-order valence-electron chi connectivity index (χ0n) is 11.1. The first kappa shape index (κ1) is 12.5. The van der Waals surface area contributed by atoms with Gasteiger partial charge >= 0.3 is 0 Å². The van der Waals surface area contributed by atoms with Crippen LogP contribution < -0.4 is 0 Å². The van der Waals surface area contributed by atoms with Gasteiger partial charge in [0.15, 0.2) is 5.82 Å². The van der Waals surface area contributed by atoms with Crippen molar-refractivity contribution < 1.29 is 9.26 Å². The van der Waals surface area contributed by atoms with Gasteiger partial charge in [0.25, 0.3) is 0 Å². The third-order valence-corrected chi connectivity index (χ3v) is 2.96. The molecule has 0 aliphatic carbocycles. The van der Waals surface area contributed by atoms with Crippen LogP contribution in [0.5, 0.6) is 0 Å². The minimum atomic E-state index is -0.0815. The van der Waals surface area contributed by atoms with Gasteiger partial charge in [0.1, 0.15) is 0 Å². The second kappa shape index (κ2) is 4.74. The molecule has 5 nitrogen and oxygen atoms in total. The second-order valence-electron chi connectivity index (χ2n) is 5.66. The topological polar surface area (TPSA) is 51.4 Å². The number of hydrogen-bond acceptors (Lipinski definition) is 5. The molecule has 1 saturated heterocycles. The molecule has 5 heteroatoms. The molecule has 17 heavy (non-hydrogen) atoms. The summed E-state index contributed by atoms with van der Waals surface area (Å²) in [7, 11) is 0. The first-order chi connectivity index (χ1) is 7.97. The first-order valence-corrected chi connectivity index (χ1v) is 6.11. The molecular weight excluding hydrogens is 218 g/mol. The number of aromatic nitrogens is 2. The van der Waals surface area contributed by atoms with E-state index in [4.69, 9.17) is 9.26 Å². The quantitative estimate of drug-likeness (QED) is 0.784. The van der Waals surface area contributed by atoms with Crippen LogP contribution in [0.1, 0.15) is 39.4 Å². The summed E-state index contributed by atoms with van der Waals surface area (Å²) in [6.45, 7) is 11.6. The van der Waals surface area contributed by atoms with Crippen molar-refractivity contribution in [1.29, 1.82) is 0 Å². The van der Waals surface area contributed by atoms with Crippen LogP contribution in [-0.2, 0) is 16.7 Å². The Hall–Kier alpha value is -0.940. The third kappa shape index (κ3) is 3.04. The average molecular weight is 239 g/mol. The van der Waals surface area contributed by atoms with Gasteiger partial charge in [-0.2, -0.15) is 4.98 Å². The summed E-state index contributed by atoms with van der Waals surface area (Å²) in [6.07, 6.45) is 0. The van der Waals surface area contributed by atoms with Crippen molar-refractivity contribution >= 4 is 0 Å². The van der Waals surface area contributed by atoms with E-state index in [-0.39, 0.29) is 5.41 Å². The number of morpholine rings is 1. The normalized spacial score (nSPS) is 22.9. The molecule has 0 spiro atoms. The standard InChI is InChI=1S/C12H21N3O2/c1-9-8-16-6-5-15(9)7-10-13-11(17-14-10)12(2,3)4/h9H,5-8H2,1-4H3/t9-/m0/s1. The Labute approximate surface area is 102 Å². The summed E-state index contributed by atoms with van der Waals surface area (Å²) in [5.41, 5.74) is -0.0815. The fourth-order valence-corrected chi connectivity index (χ4v) is 1.80. The van der Waals surface area contributed by atoms with Gasteiger partial charge in [0.05, 0.1) is 19.8 Å². The maximum absolute atomic E-state index is 5.40. The SMILES string of the molecule is C[C@H]1COCCN1Cc1noc(C(C)(C)C)n1. The van der Waals surface area contributed by atoms with Gasteiger partial charge in [-0.05, 0) is 6.92 Å². The van der Waals surface area contributed by atoms with Gasteiger partial charge in [0.2, 0.25) is 5.89 Å². The summed E-state index contributed by atoms with van der Waals surface area (Å²) in [6, 6.07) is 0.417. The van der Waals surface area contributed by atoms with E-state index in [1.54, 1.807) is 0 Å². The van der Waals surface area contributed by atoms with Crippen molar-refractivity contribution in [3.63, 3.8) is 0 Å². The van der Waals surface area contributed by atoms with E-state index in [0.717, 1.165) is 32.1 Å². The lowest BCUT2D eigenvalue weighted by Crippen LogP contribution is -2.43. The summed E-state index contributed by atoms with van der Waals surface area (Å²) < 4.78 is 10.7. The molecule has 0 aromatic carbocycles. The summed E-state index contributed by atoms with van der Waals surface area (Å²) >= 11 is 0. The van der Waals surface area contributed by atoms with Crippen LogP contribution in [0, 0.1) is 0 Å².